The van der Waals surface area contributed by atoms with Gasteiger partial charge in [-0.25, -0.2) is 0 Å². The largest absolute Gasteiger partial charge is 0.497 e. The summed E-state index contributed by atoms with van der Waals surface area (Å²) >= 11 is 0. The molecule has 3 N–H and O–H groups in total. The Balaban J connectivity index is 2.58. The maximum absolute atomic E-state index is 11.2. The van der Waals surface area contributed by atoms with Gasteiger partial charge in [-0.15, -0.1) is 0 Å². The van der Waals surface area contributed by atoms with Crippen molar-refractivity contribution in [1.82, 2.24) is 5.32 Å². The lowest BCUT2D eigenvalue weighted by Gasteiger charge is -2.27. The topological polar surface area (TPSA) is 64.3 Å². The van der Waals surface area contributed by atoms with Gasteiger partial charge >= 0.3 is 0 Å². The fraction of sp³-hybridized carbons (Fsp3) is 0.500. The molecule has 100 valence electrons. The van der Waals surface area contributed by atoms with Crippen LogP contribution in [0, 0.1) is 0 Å². The van der Waals surface area contributed by atoms with E-state index in [9.17, 15) is 4.79 Å². The highest BCUT2D eigenvalue weighted by atomic mass is 16.5. The number of ether oxygens (including phenoxy) is 1. The third-order valence-electron chi connectivity index (χ3n) is 2.92. The van der Waals surface area contributed by atoms with E-state index in [4.69, 9.17) is 10.5 Å². The fourth-order valence-electron chi connectivity index (χ4n) is 1.85. The zero-order valence-electron chi connectivity index (χ0n) is 11.5. The van der Waals surface area contributed by atoms with Crippen LogP contribution in [0.25, 0.3) is 0 Å². The van der Waals surface area contributed by atoms with Gasteiger partial charge in [0.15, 0.2) is 0 Å². The Kier molecular flexibility index (Phi) is 4.73. The predicted molar refractivity (Wildman–Crippen MR) is 72.6 cm³/mol. The predicted octanol–water partition coefficient (Wildman–Crippen LogP) is 1.48. The van der Waals surface area contributed by atoms with Gasteiger partial charge in [-0.1, -0.05) is 12.1 Å². The third-order valence-corrected chi connectivity index (χ3v) is 2.92. The molecule has 0 saturated carbocycles. The van der Waals surface area contributed by atoms with E-state index < -0.39 is 5.54 Å². The van der Waals surface area contributed by atoms with Crippen molar-refractivity contribution in [3.8, 4) is 5.75 Å². The van der Waals surface area contributed by atoms with Crippen molar-refractivity contribution in [2.45, 2.75) is 38.8 Å². The van der Waals surface area contributed by atoms with Crippen LogP contribution in [0.4, 0.5) is 0 Å². The molecule has 0 spiro atoms. The van der Waals surface area contributed by atoms with Gasteiger partial charge in [0.2, 0.25) is 5.91 Å². The molecule has 4 nitrogen and oxygen atoms in total. The van der Waals surface area contributed by atoms with Crippen LogP contribution in [0.3, 0.4) is 0 Å². The molecule has 0 aromatic heterocycles. The van der Waals surface area contributed by atoms with Crippen molar-refractivity contribution < 1.29 is 9.53 Å². The lowest BCUT2D eigenvalue weighted by Crippen LogP contribution is -2.54. The van der Waals surface area contributed by atoms with Crippen molar-refractivity contribution in [2.24, 2.45) is 5.73 Å². The quantitative estimate of drug-likeness (QED) is 0.803. The number of primary amides is 1. The molecule has 0 bridgehead atoms. The first-order chi connectivity index (χ1) is 8.35. The number of carbonyl (C=O) groups excluding carboxylic acids is 1. The van der Waals surface area contributed by atoms with Crippen LogP contribution in [-0.4, -0.2) is 24.6 Å². The Labute approximate surface area is 109 Å². The van der Waals surface area contributed by atoms with Crippen LogP contribution in [0.2, 0.25) is 0 Å². The maximum Gasteiger partial charge on any atom is 0.237 e. The minimum absolute atomic E-state index is 0.167. The monoisotopic (exact) mass is 250 g/mol. The third kappa shape index (κ3) is 4.04. The number of amides is 1. The van der Waals surface area contributed by atoms with Crippen molar-refractivity contribution in [3.63, 3.8) is 0 Å². The molecule has 0 fully saturated rings. The number of hydrogen-bond donors (Lipinski definition) is 2. The van der Waals surface area contributed by atoms with E-state index in [2.05, 4.69) is 5.32 Å². The maximum atomic E-state index is 11.2. The van der Waals surface area contributed by atoms with Crippen LogP contribution in [0.5, 0.6) is 5.75 Å². The van der Waals surface area contributed by atoms with Crippen LogP contribution < -0.4 is 15.8 Å². The summed E-state index contributed by atoms with van der Waals surface area (Å²) in [6.45, 7) is 5.62. The molecule has 0 aliphatic rings. The van der Waals surface area contributed by atoms with E-state index in [0.29, 0.717) is 0 Å². The highest BCUT2D eigenvalue weighted by Crippen LogP contribution is 2.13. The molecule has 1 unspecified atom stereocenters. The van der Waals surface area contributed by atoms with E-state index in [1.54, 1.807) is 21.0 Å². The van der Waals surface area contributed by atoms with Crippen LogP contribution in [0.1, 0.15) is 26.3 Å². The number of nitrogens with one attached hydrogen (secondary N) is 1. The van der Waals surface area contributed by atoms with Gasteiger partial charge in [-0.05, 0) is 44.9 Å². The molecule has 4 heteroatoms. The summed E-state index contributed by atoms with van der Waals surface area (Å²) in [6, 6.07) is 8.08. The summed E-state index contributed by atoms with van der Waals surface area (Å²) in [5.74, 6) is 0.501. The zero-order valence-corrected chi connectivity index (χ0v) is 11.5. The highest BCUT2D eigenvalue weighted by molar-refractivity contribution is 5.83. The van der Waals surface area contributed by atoms with E-state index in [-0.39, 0.29) is 11.9 Å². The lowest BCUT2D eigenvalue weighted by atomic mass is 10.0. The second-order valence-electron chi connectivity index (χ2n) is 5.09. The SMILES string of the molecule is COc1ccc(CC(C)NC(C)(C)C(N)=O)cc1. The van der Waals surface area contributed by atoms with Crippen LogP contribution in [-0.2, 0) is 11.2 Å². The van der Waals surface area contributed by atoms with Crippen molar-refractivity contribution >= 4 is 5.91 Å². The van der Waals surface area contributed by atoms with E-state index >= 15 is 0 Å². The minimum atomic E-state index is -0.689. The van der Waals surface area contributed by atoms with E-state index in [1.807, 2.05) is 31.2 Å². The van der Waals surface area contributed by atoms with Gasteiger partial charge in [0.05, 0.1) is 12.6 Å². The number of methoxy groups -OCH3 is 1. The van der Waals surface area contributed by atoms with Gasteiger partial charge in [-0.2, -0.15) is 0 Å². The summed E-state index contributed by atoms with van der Waals surface area (Å²) in [7, 11) is 1.65. The molecule has 0 aliphatic carbocycles. The smallest absolute Gasteiger partial charge is 0.237 e. The number of benzene rings is 1. The Morgan fingerprint density at radius 3 is 2.39 bits per heavy atom. The Hall–Kier alpha value is -1.55. The average Bonchev–Trinajstić information content (AvgIpc) is 2.29. The van der Waals surface area contributed by atoms with Crippen molar-refractivity contribution in [1.29, 1.82) is 0 Å². The first kappa shape index (κ1) is 14.5. The number of rotatable bonds is 6. The molecule has 1 aromatic rings. The summed E-state index contributed by atoms with van der Waals surface area (Å²) < 4.78 is 5.11. The molecule has 0 aliphatic heterocycles. The van der Waals surface area contributed by atoms with E-state index in [0.717, 1.165) is 12.2 Å². The summed E-state index contributed by atoms with van der Waals surface area (Å²) in [4.78, 5) is 11.2. The van der Waals surface area contributed by atoms with Crippen molar-refractivity contribution in [2.75, 3.05) is 7.11 Å². The summed E-state index contributed by atoms with van der Waals surface area (Å²) in [5.41, 5.74) is 5.83. The van der Waals surface area contributed by atoms with Crippen LogP contribution in [0.15, 0.2) is 24.3 Å². The normalized spacial score (nSPS) is 13.1. The molecule has 0 saturated heterocycles. The van der Waals surface area contributed by atoms with Crippen LogP contribution >= 0.6 is 0 Å². The molecule has 1 aromatic carbocycles. The molecule has 0 radical (unpaired) electrons. The molecule has 1 rings (SSSR count). The van der Waals surface area contributed by atoms with Gasteiger partial charge in [0.1, 0.15) is 5.75 Å². The van der Waals surface area contributed by atoms with Gasteiger partial charge in [0.25, 0.3) is 0 Å². The molecule has 1 amide bonds. The molecule has 0 heterocycles. The minimum Gasteiger partial charge on any atom is -0.497 e. The number of nitrogens with two attached hydrogens (primary N) is 1. The van der Waals surface area contributed by atoms with Gasteiger partial charge < -0.3 is 15.8 Å². The summed E-state index contributed by atoms with van der Waals surface area (Å²) in [6.07, 6.45) is 0.834. The summed E-state index contributed by atoms with van der Waals surface area (Å²) in [5, 5.41) is 3.23. The Morgan fingerprint density at radius 1 is 1.39 bits per heavy atom. The van der Waals surface area contributed by atoms with Gasteiger partial charge in [0, 0.05) is 6.04 Å². The van der Waals surface area contributed by atoms with E-state index in [1.165, 1.54) is 5.56 Å². The Bertz CT molecular complexity index is 399. The first-order valence-corrected chi connectivity index (χ1v) is 6.05. The fourth-order valence-corrected chi connectivity index (χ4v) is 1.85. The molecular formula is C14H22N2O2. The van der Waals surface area contributed by atoms with Crippen molar-refractivity contribution in [3.05, 3.63) is 29.8 Å². The molecule has 1 atom stereocenters. The number of carbonyl (C=O) groups is 1. The average molecular weight is 250 g/mol. The second-order valence-corrected chi connectivity index (χ2v) is 5.09. The highest BCUT2D eigenvalue weighted by Gasteiger charge is 2.26. The second kappa shape index (κ2) is 5.87. The molecular weight excluding hydrogens is 228 g/mol. The van der Waals surface area contributed by atoms with Gasteiger partial charge in [-0.3, -0.25) is 4.79 Å². The zero-order chi connectivity index (χ0) is 13.8. The lowest BCUT2D eigenvalue weighted by molar-refractivity contribution is -0.123. The Morgan fingerprint density at radius 2 is 1.94 bits per heavy atom. The standard InChI is InChI=1S/C14H22N2O2/c1-10(16-14(2,3)13(15)17)9-11-5-7-12(18-4)8-6-11/h5-8,10,16H,9H2,1-4H3,(H2,15,17). The number of hydrogen-bond acceptors (Lipinski definition) is 3. The molecule has 18 heavy (non-hydrogen) atoms. The first-order valence-electron chi connectivity index (χ1n) is 6.05.